The predicted octanol–water partition coefficient (Wildman–Crippen LogP) is 4.28. The van der Waals surface area contributed by atoms with Crippen LogP contribution < -0.4 is 4.90 Å². The zero-order chi connectivity index (χ0) is 18.8. The monoisotopic (exact) mass is 372 g/mol. The molecule has 0 N–H and O–H groups in total. The number of rotatable bonds is 3. The Morgan fingerprint density at radius 2 is 2.08 bits per heavy atom. The molecule has 0 saturated carbocycles. The first-order chi connectivity index (χ1) is 12.4. The van der Waals surface area contributed by atoms with Crippen LogP contribution in [0.4, 0.5) is 11.4 Å². The van der Waals surface area contributed by atoms with Gasteiger partial charge in [0.1, 0.15) is 6.29 Å². The standard InChI is InChI=1S/C19H17ClN2O4/c1-12-9-15(22(25)26)5-6-16(12)19(24)21-8-2-3-13(11-23)17-10-14(20)4-7-18(17)21/h4-7,9-11,13H,2-3,8H2,1H3. The number of aldehydes is 1. The number of nitro groups is 1. The van der Waals surface area contributed by atoms with Crippen molar-refractivity contribution in [3.05, 3.63) is 68.2 Å². The van der Waals surface area contributed by atoms with Crippen molar-refractivity contribution in [3.63, 3.8) is 0 Å². The molecular weight excluding hydrogens is 356 g/mol. The van der Waals surface area contributed by atoms with E-state index in [0.29, 0.717) is 41.2 Å². The molecule has 0 radical (unpaired) electrons. The fourth-order valence-corrected chi connectivity index (χ4v) is 3.49. The molecule has 7 heteroatoms. The summed E-state index contributed by atoms with van der Waals surface area (Å²) in [7, 11) is 0. The summed E-state index contributed by atoms with van der Waals surface area (Å²) in [4.78, 5) is 36.7. The Balaban J connectivity index is 2.04. The van der Waals surface area contributed by atoms with E-state index in [-0.39, 0.29) is 17.5 Å². The number of halogens is 1. The van der Waals surface area contributed by atoms with E-state index in [1.54, 1.807) is 30.0 Å². The van der Waals surface area contributed by atoms with E-state index in [0.717, 1.165) is 11.8 Å². The first kappa shape index (κ1) is 18.1. The molecule has 0 aromatic heterocycles. The molecule has 0 fully saturated rings. The molecule has 2 aromatic carbocycles. The Hall–Kier alpha value is -2.73. The summed E-state index contributed by atoms with van der Waals surface area (Å²) in [6.07, 6.45) is 2.20. The number of anilines is 1. The van der Waals surface area contributed by atoms with Crippen molar-refractivity contribution in [1.82, 2.24) is 0 Å². The molecule has 1 amide bonds. The number of nitro benzene ring substituents is 1. The number of carbonyl (C=O) groups excluding carboxylic acids is 2. The van der Waals surface area contributed by atoms with Crippen molar-refractivity contribution < 1.29 is 14.5 Å². The molecule has 1 atom stereocenters. The summed E-state index contributed by atoms with van der Waals surface area (Å²) in [5.41, 5.74) is 2.28. The molecule has 6 nitrogen and oxygen atoms in total. The first-order valence-corrected chi connectivity index (χ1v) is 8.62. The number of aryl methyl sites for hydroxylation is 1. The van der Waals surface area contributed by atoms with E-state index in [4.69, 9.17) is 11.6 Å². The van der Waals surface area contributed by atoms with Crippen LogP contribution in [0.3, 0.4) is 0 Å². The van der Waals surface area contributed by atoms with Crippen LogP contribution in [0.2, 0.25) is 5.02 Å². The molecule has 1 aliphatic rings. The van der Waals surface area contributed by atoms with E-state index in [9.17, 15) is 19.7 Å². The van der Waals surface area contributed by atoms with Crippen LogP contribution in [-0.4, -0.2) is 23.7 Å². The number of carbonyl (C=O) groups is 2. The Morgan fingerprint density at radius 3 is 2.73 bits per heavy atom. The lowest BCUT2D eigenvalue weighted by atomic mass is 9.95. The number of nitrogens with zero attached hydrogens (tertiary/aromatic N) is 2. The van der Waals surface area contributed by atoms with Gasteiger partial charge < -0.3 is 9.69 Å². The second-order valence-electron chi connectivity index (χ2n) is 6.30. The van der Waals surface area contributed by atoms with Crippen molar-refractivity contribution in [2.45, 2.75) is 25.7 Å². The summed E-state index contributed by atoms with van der Waals surface area (Å²) in [6, 6.07) is 9.36. The lowest BCUT2D eigenvalue weighted by molar-refractivity contribution is -0.384. The number of amides is 1. The Bertz CT molecular complexity index is 897. The molecule has 1 heterocycles. The predicted molar refractivity (Wildman–Crippen MR) is 99.0 cm³/mol. The topological polar surface area (TPSA) is 80.5 Å². The quantitative estimate of drug-likeness (QED) is 0.457. The lowest BCUT2D eigenvalue weighted by Gasteiger charge is -2.24. The van der Waals surface area contributed by atoms with Gasteiger partial charge in [-0.1, -0.05) is 11.6 Å². The molecule has 0 bridgehead atoms. The van der Waals surface area contributed by atoms with Crippen molar-refractivity contribution in [1.29, 1.82) is 0 Å². The third-order valence-electron chi connectivity index (χ3n) is 4.64. The van der Waals surface area contributed by atoms with Crippen LogP contribution in [0.25, 0.3) is 0 Å². The largest absolute Gasteiger partial charge is 0.308 e. The molecule has 2 aromatic rings. The molecule has 0 aliphatic carbocycles. The second kappa shape index (κ2) is 7.25. The third kappa shape index (κ3) is 3.32. The maximum atomic E-state index is 13.1. The van der Waals surface area contributed by atoms with Gasteiger partial charge in [0.2, 0.25) is 0 Å². The van der Waals surface area contributed by atoms with Crippen molar-refractivity contribution in [2.75, 3.05) is 11.4 Å². The fourth-order valence-electron chi connectivity index (χ4n) is 3.31. The van der Waals surface area contributed by atoms with E-state index >= 15 is 0 Å². The number of hydrogen-bond acceptors (Lipinski definition) is 4. The van der Waals surface area contributed by atoms with Gasteiger partial charge in [0.25, 0.3) is 11.6 Å². The van der Waals surface area contributed by atoms with Crippen LogP contribution in [0.15, 0.2) is 36.4 Å². The zero-order valence-corrected chi connectivity index (χ0v) is 14.9. The smallest absolute Gasteiger partial charge is 0.269 e. The number of non-ortho nitro benzene ring substituents is 1. The average molecular weight is 373 g/mol. The van der Waals surface area contributed by atoms with Gasteiger partial charge in [-0.2, -0.15) is 0 Å². The van der Waals surface area contributed by atoms with E-state index in [2.05, 4.69) is 0 Å². The molecule has 1 aliphatic heterocycles. The fraction of sp³-hybridized carbons (Fsp3) is 0.263. The highest BCUT2D eigenvalue weighted by Crippen LogP contribution is 2.36. The molecule has 0 spiro atoms. The van der Waals surface area contributed by atoms with E-state index < -0.39 is 4.92 Å². The van der Waals surface area contributed by atoms with Crippen LogP contribution in [0.5, 0.6) is 0 Å². The molecule has 0 saturated heterocycles. The Labute approximate surface area is 155 Å². The van der Waals surface area contributed by atoms with Gasteiger partial charge in [0.05, 0.1) is 4.92 Å². The maximum absolute atomic E-state index is 13.1. The molecule has 3 rings (SSSR count). The van der Waals surface area contributed by atoms with Gasteiger partial charge in [-0.3, -0.25) is 14.9 Å². The van der Waals surface area contributed by atoms with Crippen LogP contribution in [0.1, 0.15) is 40.2 Å². The van der Waals surface area contributed by atoms with Crippen LogP contribution >= 0.6 is 11.6 Å². The van der Waals surface area contributed by atoms with Gasteiger partial charge in [-0.25, -0.2) is 0 Å². The highest BCUT2D eigenvalue weighted by Gasteiger charge is 2.28. The highest BCUT2D eigenvalue weighted by atomic mass is 35.5. The van der Waals surface area contributed by atoms with E-state index in [1.165, 1.54) is 18.2 Å². The number of fused-ring (bicyclic) bond motifs is 1. The van der Waals surface area contributed by atoms with Crippen molar-refractivity contribution in [2.24, 2.45) is 0 Å². The van der Waals surface area contributed by atoms with Crippen molar-refractivity contribution >= 4 is 35.2 Å². The highest BCUT2D eigenvalue weighted by molar-refractivity contribution is 6.30. The normalized spacial score (nSPS) is 16.5. The zero-order valence-electron chi connectivity index (χ0n) is 14.1. The third-order valence-corrected chi connectivity index (χ3v) is 4.87. The summed E-state index contributed by atoms with van der Waals surface area (Å²) in [5.74, 6) is -0.549. The van der Waals surface area contributed by atoms with Crippen LogP contribution in [-0.2, 0) is 4.79 Å². The van der Waals surface area contributed by atoms with Gasteiger partial charge >= 0.3 is 0 Å². The van der Waals surface area contributed by atoms with Gasteiger partial charge in [-0.05, 0) is 55.2 Å². The molecular formula is C19H17ClN2O4. The Kier molecular flexibility index (Phi) is 5.04. The molecule has 26 heavy (non-hydrogen) atoms. The Morgan fingerprint density at radius 1 is 1.31 bits per heavy atom. The second-order valence-corrected chi connectivity index (χ2v) is 6.74. The van der Waals surface area contributed by atoms with Gasteiger partial charge in [0.15, 0.2) is 0 Å². The number of benzene rings is 2. The minimum absolute atomic E-state index is 0.0527. The number of hydrogen-bond donors (Lipinski definition) is 0. The molecule has 1 unspecified atom stereocenters. The minimum Gasteiger partial charge on any atom is -0.308 e. The molecule has 134 valence electrons. The maximum Gasteiger partial charge on any atom is 0.269 e. The average Bonchev–Trinajstić information content (AvgIpc) is 2.79. The summed E-state index contributed by atoms with van der Waals surface area (Å²) in [5, 5.41) is 11.4. The SMILES string of the molecule is Cc1cc([N+](=O)[O-])ccc1C(=O)N1CCCC(C=O)c2cc(Cl)ccc21. The van der Waals surface area contributed by atoms with E-state index in [1.807, 2.05) is 0 Å². The van der Waals surface area contributed by atoms with Gasteiger partial charge in [0, 0.05) is 40.9 Å². The van der Waals surface area contributed by atoms with Gasteiger partial charge in [-0.15, -0.1) is 0 Å². The summed E-state index contributed by atoms with van der Waals surface area (Å²) in [6.45, 7) is 2.14. The lowest BCUT2D eigenvalue weighted by Crippen LogP contribution is -2.32. The minimum atomic E-state index is -0.487. The van der Waals surface area contributed by atoms with Crippen molar-refractivity contribution in [3.8, 4) is 0 Å². The summed E-state index contributed by atoms with van der Waals surface area (Å²) >= 11 is 6.09. The van der Waals surface area contributed by atoms with Crippen LogP contribution in [0, 0.1) is 17.0 Å². The first-order valence-electron chi connectivity index (χ1n) is 8.24. The summed E-state index contributed by atoms with van der Waals surface area (Å²) < 4.78 is 0.